The molecule has 132 valence electrons. The van der Waals surface area contributed by atoms with Gasteiger partial charge >= 0.3 is 0 Å². The molecule has 0 spiro atoms. The van der Waals surface area contributed by atoms with E-state index in [2.05, 4.69) is 17.4 Å². The van der Waals surface area contributed by atoms with Crippen molar-refractivity contribution in [2.24, 2.45) is 0 Å². The summed E-state index contributed by atoms with van der Waals surface area (Å²) in [6.07, 6.45) is 2.14. The molecule has 3 rings (SSSR count). The highest BCUT2D eigenvalue weighted by Crippen LogP contribution is 2.47. The molecule has 1 aliphatic carbocycles. The van der Waals surface area contributed by atoms with Crippen LogP contribution in [0.4, 0.5) is 0 Å². The number of hydrogen-bond donors (Lipinski definition) is 1. The highest BCUT2D eigenvalue weighted by molar-refractivity contribution is 5.95. The van der Waals surface area contributed by atoms with E-state index >= 15 is 0 Å². The summed E-state index contributed by atoms with van der Waals surface area (Å²) in [6.45, 7) is 0.609. The fraction of sp³-hybridized carbons (Fsp3) is 0.350. The van der Waals surface area contributed by atoms with Gasteiger partial charge in [-0.15, -0.1) is 0 Å². The first-order valence-electron chi connectivity index (χ1n) is 8.26. The topological polar surface area (TPSA) is 56.8 Å². The quantitative estimate of drug-likeness (QED) is 0.840. The molecule has 2 aromatic rings. The Kier molecular flexibility index (Phi) is 4.83. The van der Waals surface area contributed by atoms with E-state index in [9.17, 15) is 4.79 Å². The molecule has 1 amide bonds. The van der Waals surface area contributed by atoms with Gasteiger partial charge in [0.2, 0.25) is 0 Å². The summed E-state index contributed by atoms with van der Waals surface area (Å²) in [7, 11) is 4.79. The maximum absolute atomic E-state index is 12.5. The van der Waals surface area contributed by atoms with Crippen molar-refractivity contribution < 1.29 is 19.0 Å². The minimum Gasteiger partial charge on any atom is -0.497 e. The van der Waals surface area contributed by atoms with E-state index in [0.717, 1.165) is 18.6 Å². The first kappa shape index (κ1) is 17.1. The molecule has 1 fully saturated rings. The van der Waals surface area contributed by atoms with Crippen molar-refractivity contribution in [2.75, 3.05) is 27.9 Å². The van der Waals surface area contributed by atoms with Crippen LogP contribution in [0.3, 0.4) is 0 Å². The minimum absolute atomic E-state index is 0.0326. The van der Waals surface area contributed by atoms with E-state index in [-0.39, 0.29) is 11.3 Å². The van der Waals surface area contributed by atoms with Gasteiger partial charge in [-0.1, -0.05) is 12.1 Å². The van der Waals surface area contributed by atoms with E-state index in [4.69, 9.17) is 14.2 Å². The SMILES string of the molecule is COc1ccc(C2(CNC(=O)c3cc(OC)cc(OC)c3)CC2)cc1. The molecule has 0 radical (unpaired) electrons. The number of nitrogens with one attached hydrogen (secondary N) is 1. The molecule has 5 nitrogen and oxygen atoms in total. The summed E-state index contributed by atoms with van der Waals surface area (Å²) >= 11 is 0. The fourth-order valence-electron chi connectivity index (χ4n) is 2.95. The molecule has 1 aliphatic rings. The van der Waals surface area contributed by atoms with Gasteiger partial charge in [0.25, 0.3) is 5.91 Å². The maximum atomic E-state index is 12.5. The predicted molar refractivity (Wildman–Crippen MR) is 95.8 cm³/mol. The molecule has 1 N–H and O–H groups in total. The van der Waals surface area contributed by atoms with Gasteiger partial charge in [-0.3, -0.25) is 4.79 Å². The Morgan fingerprint density at radius 2 is 1.48 bits per heavy atom. The largest absolute Gasteiger partial charge is 0.497 e. The van der Waals surface area contributed by atoms with Crippen molar-refractivity contribution in [3.63, 3.8) is 0 Å². The number of hydrogen-bond acceptors (Lipinski definition) is 4. The summed E-state index contributed by atoms with van der Waals surface area (Å²) < 4.78 is 15.7. The van der Waals surface area contributed by atoms with Crippen LogP contribution in [-0.4, -0.2) is 33.8 Å². The van der Waals surface area contributed by atoms with Gasteiger partial charge in [-0.25, -0.2) is 0 Å². The summed E-state index contributed by atoms with van der Waals surface area (Å²) in [5.74, 6) is 1.91. The Balaban J connectivity index is 1.69. The molecule has 0 saturated heterocycles. The van der Waals surface area contributed by atoms with Crippen LogP contribution < -0.4 is 19.5 Å². The molecule has 0 atom stereocenters. The van der Waals surface area contributed by atoms with Crippen molar-refractivity contribution in [2.45, 2.75) is 18.3 Å². The van der Waals surface area contributed by atoms with E-state index < -0.39 is 0 Å². The van der Waals surface area contributed by atoms with Gasteiger partial charge in [0, 0.05) is 23.6 Å². The van der Waals surface area contributed by atoms with Crippen LogP contribution in [0.1, 0.15) is 28.8 Å². The Morgan fingerprint density at radius 1 is 0.920 bits per heavy atom. The standard InChI is InChI=1S/C20H23NO4/c1-23-16-6-4-15(5-7-16)20(8-9-20)13-21-19(22)14-10-17(24-2)12-18(11-14)25-3/h4-7,10-12H,8-9,13H2,1-3H3,(H,21,22). The molecule has 0 heterocycles. The van der Waals surface area contributed by atoms with Crippen LogP contribution in [0.25, 0.3) is 0 Å². The third kappa shape index (κ3) is 3.71. The van der Waals surface area contributed by atoms with E-state index in [1.807, 2.05) is 12.1 Å². The van der Waals surface area contributed by atoms with Crippen molar-refractivity contribution in [1.82, 2.24) is 5.32 Å². The third-order valence-electron chi connectivity index (χ3n) is 4.76. The average Bonchev–Trinajstić information content (AvgIpc) is 3.46. The molecule has 25 heavy (non-hydrogen) atoms. The Labute approximate surface area is 147 Å². The lowest BCUT2D eigenvalue weighted by atomic mass is 9.95. The minimum atomic E-state index is -0.128. The summed E-state index contributed by atoms with van der Waals surface area (Å²) in [5.41, 5.74) is 1.80. The highest BCUT2D eigenvalue weighted by Gasteiger charge is 2.44. The van der Waals surface area contributed by atoms with Gasteiger partial charge in [-0.05, 0) is 42.7 Å². The monoisotopic (exact) mass is 341 g/mol. The maximum Gasteiger partial charge on any atom is 0.251 e. The normalized spacial score (nSPS) is 14.5. The zero-order valence-corrected chi connectivity index (χ0v) is 14.8. The van der Waals surface area contributed by atoms with Crippen LogP contribution in [-0.2, 0) is 5.41 Å². The second-order valence-corrected chi connectivity index (χ2v) is 6.29. The van der Waals surface area contributed by atoms with Gasteiger partial charge < -0.3 is 19.5 Å². The first-order valence-corrected chi connectivity index (χ1v) is 8.26. The second-order valence-electron chi connectivity index (χ2n) is 6.29. The van der Waals surface area contributed by atoms with Crippen LogP contribution in [0.5, 0.6) is 17.2 Å². The summed E-state index contributed by atoms with van der Waals surface area (Å²) in [6, 6.07) is 13.2. The Morgan fingerprint density at radius 3 is 1.96 bits per heavy atom. The van der Waals surface area contributed by atoms with Gasteiger partial charge in [0.15, 0.2) is 0 Å². The van der Waals surface area contributed by atoms with Crippen LogP contribution in [0.15, 0.2) is 42.5 Å². The van der Waals surface area contributed by atoms with Crippen molar-refractivity contribution in [3.05, 3.63) is 53.6 Å². The number of amides is 1. The zero-order chi connectivity index (χ0) is 17.9. The Hall–Kier alpha value is -2.69. The lowest BCUT2D eigenvalue weighted by Gasteiger charge is -2.17. The molecule has 0 aromatic heterocycles. The number of methoxy groups -OCH3 is 3. The lowest BCUT2D eigenvalue weighted by Crippen LogP contribution is -2.32. The van der Waals surface area contributed by atoms with Crippen molar-refractivity contribution in [1.29, 1.82) is 0 Å². The van der Waals surface area contributed by atoms with Crippen LogP contribution in [0.2, 0.25) is 0 Å². The second kappa shape index (κ2) is 7.05. The van der Waals surface area contributed by atoms with E-state index in [1.165, 1.54) is 5.56 Å². The molecule has 1 saturated carbocycles. The number of rotatable bonds is 7. The van der Waals surface area contributed by atoms with Crippen LogP contribution in [0, 0.1) is 0 Å². The zero-order valence-electron chi connectivity index (χ0n) is 14.8. The molecular formula is C20H23NO4. The molecule has 2 aromatic carbocycles. The number of carbonyl (C=O) groups is 1. The van der Waals surface area contributed by atoms with E-state index in [1.54, 1.807) is 39.5 Å². The van der Waals surface area contributed by atoms with E-state index in [0.29, 0.717) is 23.6 Å². The highest BCUT2D eigenvalue weighted by atomic mass is 16.5. The lowest BCUT2D eigenvalue weighted by molar-refractivity contribution is 0.0949. The third-order valence-corrected chi connectivity index (χ3v) is 4.76. The molecule has 0 bridgehead atoms. The summed E-state index contributed by atoms with van der Waals surface area (Å²) in [4.78, 5) is 12.5. The first-order chi connectivity index (χ1) is 12.1. The molecule has 0 unspecified atom stereocenters. The van der Waals surface area contributed by atoms with Crippen LogP contribution >= 0.6 is 0 Å². The van der Waals surface area contributed by atoms with Crippen molar-refractivity contribution in [3.8, 4) is 17.2 Å². The molecule has 0 aliphatic heterocycles. The number of benzene rings is 2. The smallest absolute Gasteiger partial charge is 0.251 e. The molecule has 5 heteroatoms. The number of ether oxygens (including phenoxy) is 3. The predicted octanol–water partition coefficient (Wildman–Crippen LogP) is 3.17. The van der Waals surface area contributed by atoms with Crippen molar-refractivity contribution >= 4 is 5.91 Å². The summed E-state index contributed by atoms with van der Waals surface area (Å²) in [5, 5.41) is 3.05. The van der Waals surface area contributed by atoms with Gasteiger partial charge in [0.1, 0.15) is 17.2 Å². The number of carbonyl (C=O) groups excluding carboxylic acids is 1. The van der Waals surface area contributed by atoms with Gasteiger partial charge in [0.05, 0.1) is 21.3 Å². The molecular weight excluding hydrogens is 318 g/mol. The van der Waals surface area contributed by atoms with Gasteiger partial charge in [-0.2, -0.15) is 0 Å². The fourth-order valence-corrected chi connectivity index (χ4v) is 2.95. The average molecular weight is 341 g/mol. The Bertz CT molecular complexity index is 729.